The van der Waals surface area contributed by atoms with Gasteiger partial charge in [0.25, 0.3) is 0 Å². The predicted octanol–water partition coefficient (Wildman–Crippen LogP) is 0.0545. The minimum absolute atomic E-state index is 0.000149. The van der Waals surface area contributed by atoms with Gasteiger partial charge in [-0.2, -0.15) is 0 Å². The molecule has 1 rings (SSSR count). The minimum atomic E-state index is -3.18. The number of sulfonamides is 1. The van der Waals surface area contributed by atoms with Gasteiger partial charge in [-0.25, -0.2) is 23.1 Å². The molecule has 1 aromatic rings. The van der Waals surface area contributed by atoms with Gasteiger partial charge in [0.2, 0.25) is 16.0 Å². The van der Waals surface area contributed by atoms with Gasteiger partial charge in [0.1, 0.15) is 0 Å². The van der Waals surface area contributed by atoms with Crippen molar-refractivity contribution in [2.24, 2.45) is 0 Å². The van der Waals surface area contributed by atoms with Gasteiger partial charge in [0, 0.05) is 17.9 Å². The summed E-state index contributed by atoms with van der Waals surface area (Å²) < 4.78 is 24.5. The van der Waals surface area contributed by atoms with Gasteiger partial charge < -0.3 is 5.32 Å². The van der Waals surface area contributed by atoms with Gasteiger partial charge in [0.05, 0.1) is 5.75 Å². The van der Waals surface area contributed by atoms with Crippen molar-refractivity contribution in [3.63, 3.8) is 0 Å². The third kappa shape index (κ3) is 4.11. The molecule has 0 aliphatic carbocycles. The maximum Gasteiger partial charge on any atom is 0.223 e. The summed E-state index contributed by atoms with van der Waals surface area (Å²) in [6.07, 6.45) is 0. The van der Waals surface area contributed by atoms with Gasteiger partial charge >= 0.3 is 0 Å². The highest BCUT2D eigenvalue weighted by atomic mass is 32.2. The average molecular weight is 244 g/mol. The highest BCUT2D eigenvalue weighted by molar-refractivity contribution is 7.89. The Morgan fingerprint density at radius 1 is 1.25 bits per heavy atom. The van der Waals surface area contributed by atoms with Crippen LogP contribution >= 0.6 is 0 Å². The molecule has 1 aromatic heterocycles. The lowest BCUT2D eigenvalue weighted by Gasteiger charge is -2.06. The second-order valence-electron chi connectivity index (χ2n) is 3.42. The van der Waals surface area contributed by atoms with E-state index >= 15 is 0 Å². The largest absolute Gasteiger partial charge is 0.353 e. The second-order valence-corrected chi connectivity index (χ2v) is 5.47. The smallest absolute Gasteiger partial charge is 0.223 e. The van der Waals surface area contributed by atoms with Crippen molar-refractivity contribution in [2.45, 2.75) is 13.8 Å². The topological polar surface area (TPSA) is 84.0 Å². The summed E-state index contributed by atoms with van der Waals surface area (Å²) in [6, 6.07) is 1.86. The number of hydrogen-bond donors (Lipinski definition) is 2. The van der Waals surface area contributed by atoms with Crippen molar-refractivity contribution < 1.29 is 8.42 Å². The summed E-state index contributed by atoms with van der Waals surface area (Å²) in [5, 5.41) is 2.88. The Balaban J connectivity index is 2.55. The number of rotatable bonds is 5. The number of nitrogens with zero attached hydrogens (tertiary/aromatic N) is 2. The van der Waals surface area contributed by atoms with Crippen molar-refractivity contribution in [2.75, 3.05) is 24.7 Å². The van der Waals surface area contributed by atoms with Crippen LogP contribution in [0.2, 0.25) is 0 Å². The summed E-state index contributed by atoms with van der Waals surface area (Å²) in [5.74, 6) is 0.462. The molecule has 0 radical (unpaired) electrons. The van der Waals surface area contributed by atoms with Crippen LogP contribution in [0.1, 0.15) is 11.4 Å². The third-order valence-electron chi connectivity index (χ3n) is 1.95. The van der Waals surface area contributed by atoms with Crippen LogP contribution < -0.4 is 10.0 Å². The van der Waals surface area contributed by atoms with Crippen molar-refractivity contribution in [3.05, 3.63) is 17.5 Å². The number of hydrogen-bond acceptors (Lipinski definition) is 5. The fourth-order valence-electron chi connectivity index (χ4n) is 1.20. The Morgan fingerprint density at radius 2 is 1.81 bits per heavy atom. The minimum Gasteiger partial charge on any atom is -0.353 e. The standard InChI is InChI=1S/C9H16N4O2S/c1-7-6-8(2)13-9(12-7)11-4-5-16(14,15)10-3/h6,10H,4-5H2,1-3H3,(H,11,12,13). The second kappa shape index (κ2) is 5.22. The van der Waals surface area contributed by atoms with Gasteiger partial charge in [-0.15, -0.1) is 0 Å². The Hall–Kier alpha value is -1.21. The monoisotopic (exact) mass is 244 g/mol. The first-order valence-electron chi connectivity index (χ1n) is 4.90. The Labute approximate surface area is 95.6 Å². The summed E-state index contributed by atoms with van der Waals surface area (Å²) >= 11 is 0. The fourth-order valence-corrected chi connectivity index (χ4v) is 1.78. The first-order valence-corrected chi connectivity index (χ1v) is 6.55. The maximum absolute atomic E-state index is 11.1. The zero-order chi connectivity index (χ0) is 12.2. The Kier molecular flexibility index (Phi) is 4.19. The van der Waals surface area contributed by atoms with Crippen LogP contribution in [0.15, 0.2) is 6.07 Å². The summed E-state index contributed by atoms with van der Waals surface area (Å²) in [6.45, 7) is 4.01. The van der Waals surface area contributed by atoms with Crippen LogP contribution in [0, 0.1) is 13.8 Å². The van der Waals surface area contributed by atoms with E-state index < -0.39 is 10.0 Å². The molecular weight excluding hydrogens is 228 g/mol. The molecule has 0 bridgehead atoms. The summed E-state index contributed by atoms with van der Waals surface area (Å²) in [7, 11) is -1.79. The molecular formula is C9H16N4O2S. The molecule has 0 aliphatic rings. The Bertz CT molecular complexity index is 438. The molecule has 0 amide bonds. The van der Waals surface area contributed by atoms with Crippen LogP contribution in [-0.4, -0.2) is 37.7 Å². The Morgan fingerprint density at radius 3 is 2.31 bits per heavy atom. The lowest BCUT2D eigenvalue weighted by molar-refractivity contribution is 0.588. The number of aryl methyl sites for hydroxylation is 2. The molecule has 1 heterocycles. The molecule has 16 heavy (non-hydrogen) atoms. The van der Waals surface area contributed by atoms with E-state index in [0.717, 1.165) is 11.4 Å². The normalized spacial score (nSPS) is 11.4. The molecule has 0 atom stereocenters. The van der Waals surface area contributed by atoms with E-state index in [-0.39, 0.29) is 12.3 Å². The number of aromatic nitrogens is 2. The van der Waals surface area contributed by atoms with Gasteiger partial charge in [-0.1, -0.05) is 0 Å². The van der Waals surface area contributed by atoms with Crippen molar-refractivity contribution in [1.29, 1.82) is 0 Å². The zero-order valence-corrected chi connectivity index (χ0v) is 10.4. The average Bonchev–Trinajstić information content (AvgIpc) is 2.16. The fraction of sp³-hybridized carbons (Fsp3) is 0.556. The van der Waals surface area contributed by atoms with Crippen LogP contribution in [0.25, 0.3) is 0 Å². The molecule has 0 unspecified atom stereocenters. The molecule has 90 valence electrons. The number of anilines is 1. The molecule has 0 aliphatic heterocycles. The van der Waals surface area contributed by atoms with Gasteiger partial charge in [0.15, 0.2) is 0 Å². The molecule has 2 N–H and O–H groups in total. The molecule has 7 heteroatoms. The summed E-state index contributed by atoms with van der Waals surface area (Å²) in [4.78, 5) is 8.28. The van der Waals surface area contributed by atoms with E-state index in [2.05, 4.69) is 20.0 Å². The first-order chi connectivity index (χ1) is 7.43. The number of nitrogens with one attached hydrogen (secondary N) is 2. The van der Waals surface area contributed by atoms with E-state index in [1.165, 1.54) is 7.05 Å². The molecule has 0 spiro atoms. The highest BCUT2D eigenvalue weighted by Gasteiger charge is 2.06. The van der Waals surface area contributed by atoms with Crippen molar-refractivity contribution in [1.82, 2.24) is 14.7 Å². The van der Waals surface area contributed by atoms with Crippen LogP contribution in [0.3, 0.4) is 0 Å². The lowest BCUT2D eigenvalue weighted by atomic mass is 10.4. The van der Waals surface area contributed by atoms with Crippen LogP contribution in [0.4, 0.5) is 5.95 Å². The molecule has 0 aromatic carbocycles. The van der Waals surface area contributed by atoms with Gasteiger partial charge in [-0.05, 0) is 27.0 Å². The van der Waals surface area contributed by atoms with Crippen LogP contribution in [0.5, 0.6) is 0 Å². The summed E-state index contributed by atoms with van der Waals surface area (Å²) in [5.41, 5.74) is 1.71. The van der Waals surface area contributed by atoms with Crippen LogP contribution in [-0.2, 0) is 10.0 Å². The SMILES string of the molecule is CNS(=O)(=O)CCNc1nc(C)cc(C)n1. The molecule has 0 saturated carbocycles. The van der Waals surface area contributed by atoms with E-state index in [4.69, 9.17) is 0 Å². The predicted molar refractivity (Wildman–Crippen MR) is 62.8 cm³/mol. The highest BCUT2D eigenvalue weighted by Crippen LogP contribution is 2.03. The zero-order valence-electron chi connectivity index (χ0n) is 9.61. The molecule has 6 nitrogen and oxygen atoms in total. The van der Waals surface area contributed by atoms with Crippen molar-refractivity contribution >= 4 is 16.0 Å². The third-order valence-corrected chi connectivity index (χ3v) is 3.31. The van der Waals surface area contributed by atoms with E-state index in [9.17, 15) is 8.42 Å². The van der Waals surface area contributed by atoms with Gasteiger partial charge in [-0.3, -0.25) is 0 Å². The molecule has 0 saturated heterocycles. The molecule has 0 fully saturated rings. The first kappa shape index (κ1) is 12.9. The van der Waals surface area contributed by atoms with Crippen molar-refractivity contribution in [3.8, 4) is 0 Å². The van der Waals surface area contributed by atoms with E-state index in [1.807, 2.05) is 19.9 Å². The van der Waals surface area contributed by atoms with E-state index in [0.29, 0.717) is 5.95 Å². The van der Waals surface area contributed by atoms with E-state index in [1.54, 1.807) is 0 Å². The maximum atomic E-state index is 11.1. The lowest BCUT2D eigenvalue weighted by Crippen LogP contribution is -2.26. The quantitative estimate of drug-likeness (QED) is 0.765.